The molecule has 1 aromatic rings. The fraction of sp³-hybridized carbons (Fsp3) is 0.611. The number of ether oxygens (including phenoxy) is 3. The van der Waals surface area contributed by atoms with Gasteiger partial charge in [-0.1, -0.05) is 13.8 Å². The molecule has 24 heavy (non-hydrogen) atoms. The van der Waals surface area contributed by atoms with Gasteiger partial charge in [-0.25, -0.2) is 0 Å². The van der Waals surface area contributed by atoms with E-state index in [1.807, 2.05) is 4.90 Å². The summed E-state index contributed by atoms with van der Waals surface area (Å²) in [6, 6.07) is 3.39. The molecule has 1 aliphatic rings. The van der Waals surface area contributed by atoms with E-state index < -0.39 is 0 Å². The number of amides is 1. The van der Waals surface area contributed by atoms with E-state index in [-0.39, 0.29) is 5.91 Å². The van der Waals surface area contributed by atoms with Gasteiger partial charge in [0, 0.05) is 44.9 Å². The van der Waals surface area contributed by atoms with Crippen molar-refractivity contribution in [2.45, 2.75) is 13.8 Å². The Morgan fingerprint density at radius 1 is 0.958 bits per heavy atom. The summed E-state index contributed by atoms with van der Waals surface area (Å²) >= 11 is 0. The first-order valence-electron chi connectivity index (χ1n) is 8.31. The van der Waals surface area contributed by atoms with Crippen molar-refractivity contribution in [3.05, 3.63) is 17.7 Å². The number of nitrogens with zero attached hydrogens (tertiary/aromatic N) is 2. The van der Waals surface area contributed by atoms with Crippen LogP contribution in [0.3, 0.4) is 0 Å². The van der Waals surface area contributed by atoms with E-state index in [2.05, 4.69) is 18.7 Å². The Bertz CT molecular complexity index is 566. The molecule has 1 amide bonds. The van der Waals surface area contributed by atoms with Crippen molar-refractivity contribution >= 4 is 5.91 Å². The highest BCUT2D eigenvalue weighted by Crippen LogP contribution is 2.35. The molecule has 0 radical (unpaired) electrons. The van der Waals surface area contributed by atoms with Gasteiger partial charge in [-0.3, -0.25) is 9.69 Å². The highest BCUT2D eigenvalue weighted by atomic mass is 16.5. The molecule has 0 N–H and O–H groups in total. The molecule has 0 atom stereocenters. The Labute approximate surface area is 144 Å². The van der Waals surface area contributed by atoms with Gasteiger partial charge in [-0.2, -0.15) is 0 Å². The number of carbonyl (C=O) groups is 1. The minimum Gasteiger partial charge on any atom is -0.496 e. The maximum Gasteiger partial charge on any atom is 0.257 e. The number of rotatable bonds is 6. The molecule has 1 heterocycles. The van der Waals surface area contributed by atoms with Crippen molar-refractivity contribution in [3.8, 4) is 17.2 Å². The van der Waals surface area contributed by atoms with E-state index in [0.717, 1.165) is 32.7 Å². The second-order valence-corrected chi connectivity index (χ2v) is 6.39. The largest absolute Gasteiger partial charge is 0.496 e. The summed E-state index contributed by atoms with van der Waals surface area (Å²) in [7, 11) is 4.68. The number of hydrogen-bond acceptors (Lipinski definition) is 5. The molecule has 1 aliphatic heterocycles. The molecule has 6 nitrogen and oxygen atoms in total. The predicted molar refractivity (Wildman–Crippen MR) is 93.3 cm³/mol. The summed E-state index contributed by atoms with van der Waals surface area (Å²) in [4.78, 5) is 17.2. The molecule has 1 fully saturated rings. The van der Waals surface area contributed by atoms with Crippen molar-refractivity contribution in [3.63, 3.8) is 0 Å². The molecule has 0 saturated carbocycles. The highest BCUT2D eigenvalue weighted by molar-refractivity contribution is 5.98. The van der Waals surface area contributed by atoms with Gasteiger partial charge in [-0.05, 0) is 5.92 Å². The lowest BCUT2D eigenvalue weighted by Crippen LogP contribution is -2.49. The van der Waals surface area contributed by atoms with Crippen LogP contribution in [-0.4, -0.2) is 69.8 Å². The SMILES string of the molecule is COc1cc(OC)c(C(=O)N2CCN(CC(C)C)CC2)cc1OC. The van der Waals surface area contributed by atoms with Crippen LogP contribution in [0.25, 0.3) is 0 Å². The van der Waals surface area contributed by atoms with Crippen LogP contribution in [0.15, 0.2) is 12.1 Å². The molecule has 0 unspecified atom stereocenters. The number of carbonyl (C=O) groups excluding carboxylic acids is 1. The van der Waals surface area contributed by atoms with Crippen molar-refractivity contribution in [2.24, 2.45) is 5.92 Å². The lowest BCUT2D eigenvalue weighted by molar-refractivity contribution is 0.0620. The van der Waals surface area contributed by atoms with Crippen LogP contribution in [0.1, 0.15) is 24.2 Å². The minimum absolute atomic E-state index is 0.0306. The molecule has 0 spiro atoms. The van der Waals surface area contributed by atoms with Crippen LogP contribution in [0.2, 0.25) is 0 Å². The van der Waals surface area contributed by atoms with Crippen LogP contribution in [0.4, 0.5) is 0 Å². The standard InChI is InChI=1S/C18H28N2O4/c1-13(2)12-19-6-8-20(9-7-19)18(21)14-10-16(23-4)17(24-5)11-15(14)22-3/h10-11,13H,6-9,12H2,1-5H3. The van der Waals surface area contributed by atoms with Gasteiger partial charge < -0.3 is 19.1 Å². The van der Waals surface area contributed by atoms with Gasteiger partial charge in [0.05, 0.1) is 26.9 Å². The maximum absolute atomic E-state index is 12.9. The molecule has 1 saturated heterocycles. The van der Waals surface area contributed by atoms with Crippen LogP contribution in [0.5, 0.6) is 17.2 Å². The van der Waals surface area contributed by atoms with Gasteiger partial charge in [0.15, 0.2) is 11.5 Å². The van der Waals surface area contributed by atoms with Crippen LogP contribution >= 0.6 is 0 Å². The number of hydrogen-bond donors (Lipinski definition) is 0. The summed E-state index contributed by atoms with van der Waals surface area (Å²) in [5, 5.41) is 0. The van der Waals surface area contributed by atoms with E-state index in [1.165, 1.54) is 0 Å². The lowest BCUT2D eigenvalue weighted by Gasteiger charge is -2.35. The molecule has 134 valence electrons. The first-order valence-corrected chi connectivity index (χ1v) is 8.31. The molecule has 6 heteroatoms. The molecular formula is C18H28N2O4. The van der Waals surface area contributed by atoms with Crippen LogP contribution in [0, 0.1) is 5.92 Å². The Morgan fingerprint density at radius 3 is 2.00 bits per heavy atom. The smallest absolute Gasteiger partial charge is 0.257 e. The second-order valence-electron chi connectivity index (χ2n) is 6.39. The normalized spacial score (nSPS) is 15.5. The quantitative estimate of drug-likeness (QED) is 0.796. The third-order valence-corrected chi connectivity index (χ3v) is 4.22. The van der Waals surface area contributed by atoms with Crippen molar-refractivity contribution in [2.75, 3.05) is 54.1 Å². The molecule has 0 bridgehead atoms. The number of methoxy groups -OCH3 is 3. The first kappa shape index (κ1) is 18.4. The van der Waals surface area contributed by atoms with Crippen LogP contribution in [-0.2, 0) is 0 Å². The van der Waals surface area contributed by atoms with Crippen LogP contribution < -0.4 is 14.2 Å². The number of benzene rings is 1. The van der Waals surface area contributed by atoms with E-state index in [4.69, 9.17) is 14.2 Å². The average Bonchev–Trinajstić information content (AvgIpc) is 2.60. The topological polar surface area (TPSA) is 51.2 Å². The summed E-state index contributed by atoms with van der Waals surface area (Å²) in [6.45, 7) is 8.75. The Hall–Kier alpha value is -1.95. The third-order valence-electron chi connectivity index (χ3n) is 4.22. The first-order chi connectivity index (χ1) is 11.5. The summed E-state index contributed by atoms with van der Waals surface area (Å²) in [6.07, 6.45) is 0. The summed E-state index contributed by atoms with van der Waals surface area (Å²) in [5.41, 5.74) is 0.507. The Kier molecular flexibility index (Phi) is 6.31. The predicted octanol–water partition coefficient (Wildman–Crippen LogP) is 2.13. The zero-order valence-electron chi connectivity index (χ0n) is 15.3. The van der Waals surface area contributed by atoms with E-state index in [1.54, 1.807) is 33.5 Å². The van der Waals surface area contributed by atoms with Gasteiger partial charge in [0.25, 0.3) is 5.91 Å². The molecule has 0 aromatic heterocycles. The zero-order chi connectivity index (χ0) is 17.7. The summed E-state index contributed by atoms with van der Waals surface area (Å²) in [5.74, 6) is 2.19. The van der Waals surface area contributed by atoms with Crippen molar-refractivity contribution in [1.29, 1.82) is 0 Å². The highest BCUT2D eigenvalue weighted by Gasteiger charge is 2.26. The Morgan fingerprint density at radius 2 is 1.50 bits per heavy atom. The second kappa shape index (κ2) is 8.24. The maximum atomic E-state index is 12.9. The van der Waals surface area contributed by atoms with E-state index in [0.29, 0.717) is 28.7 Å². The molecule has 2 rings (SSSR count). The van der Waals surface area contributed by atoms with Crippen molar-refractivity contribution < 1.29 is 19.0 Å². The minimum atomic E-state index is -0.0306. The molecular weight excluding hydrogens is 308 g/mol. The Balaban J connectivity index is 2.15. The van der Waals surface area contributed by atoms with Gasteiger partial charge >= 0.3 is 0 Å². The average molecular weight is 336 g/mol. The monoisotopic (exact) mass is 336 g/mol. The fourth-order valence-corrected chi connectivity index (χ4v) is 3.02. The molecule has 1 aromatic carbocycles. The zero-order valence-corrected chi connectivity index (χ0v) is 15.3. The van der Waals surface area contributed by atoms with Gasteiger partial charge in [0.2, 0.25) is 0 Å². The van der Waals surface area contributed by atoms with E-state index in [9.17, 15) is 4.79 Å². The molecule has 0 aliphatic carbocycles. The summed E-state index contributed by atoms with van der Waals surface area (Å²) < 4.78 is 16.0. The van der Waals surface area contributed by atoms with Crippen molar-refractivity contribution in [1.82, 2.24) is 9.80 Å². The number of piperazine rings is 1. The van der Waals surface area contributed by atoms with Gasteiger partial charge in [0.1, 0.15) is 5.75 Å². The third kappa shape index (κ3) is 4.12. The lowest BCUT2D eigenvalue weighted by atomic mass is 10.1. The van der Waals surface area contributed by atoms with Gasteiger partial charge in [-0.15, -0.1) is 0 Å². The van der Waals surface area contributed by atoms with E-state index >= 15 is 0 Å². The fourth-order valence-electron chi connectivity index (χ4n) is 3.02.